The first-order valence-electron chi connectivity index (χ1n) is 6.59. The smallest absolute Gasteiger partial charge is 0.254 e. The van der Waals surface area contributed by atoms with E-state index >= 15 is 0 Å². The van der Waals surface area contributed by atoms with Crippen LogP contribution < -0.4 is 5.56 Å². The molecule has 1 N–H and O–H groups in total. The van der Waals surface area contributed by atoms with E-state index in [1.165, 1.54) is 5.56 Å². The molecule has 0 fully saturated rings. The van der Waals surface area contributed by atoms with Gasteiger partial charge in [-0.2, -0.15) is 0 Å². The van der Waals surface area contributed by atoms with Crippen molar-refractivity contribution in [1.29, 1.82) is 0 Å². The van der Waals surface area contributed by atoms with Gasteiger partial charge < -0.3 is 4.98 Å². The largest absolute Gasteiger partial charge is 0.306 e. The predicted molar refractivity (Wildman–Crippen MR) is 78.6 cm³/mol. The molecule has 0 saturated heterocycles. The monoisotopic (exact) mass is 256 g/mol. The lowest BCUT2D eigenvalue weighted by Crippen LogP contribution is -2.18. The molecule has 2 rings (SSSR count). The molecule has 19 heavy (non-hydrogen) atoms. The lowest BCUT2D eigenvalue weighted by atomic mass is 10.0. The molecule has 0 unspecified atom stereocenters. The van der Waals surface area contributed by atoms with Crippen LogP contribution in [0.5, 0.6) is 0 Å². The van der Waals surface area contributed by atoms with E-state index in [9.17, 15) is 4.79 Å². The summed E-state index contributed by atoms with van der Waals surface area (Å²) >= 11 is 0. The Hall–Kier alpha value is -1.90. The van der Waals surface area contributed by atoms with Crippen LogP contribution in [0.2, 0.25) is 0 Å². The molecule has 0 amide bonds. The number of aryl methyl sites for hydroxylation is 2. The Morgan fingerprint density at radius 2 is 1.84 bits per heavy atom. The molecule has 1 aromatic heterocycles. The molecular weight excluding hydrogens is 236 g/mol. The normalized spacial score (nSPS) is 11.1. The Labute approximate surface area is 113 Å². The zero-order valence-electron chi connectivity index (χ0n) is 12.2. The van der Waals surface area contributed by atoms with Crippen molar-refractivity contribution in [2.75, 3.05) is 0 Å². The van der Waals surface area contributed by atoms with Gasteiger partial charge in [-0.3, -0.25) is 4.79 Å². The molecule has 0 saturated carbocycles. The van der Waals surface area contributed by atoms with E-state index in [-0.39, 0.29) is 11.5 Å². The highest BCUT2D eigenvalue weighted by molar-refractivity contribution is 5.61. The average molecular weight is 256 g/mol. The summed E-state index contributed by atoms with van der Waals surface area (Å²) in [5, 5.41) is 0. The van der Waals surface area contributed by atoms with Crippen molar-refractivity contribution in [2.45, 2.75) is 40.5 Å². The van der Waals surface area contributed by atoms with Crippen LogP contribution in [0.3, 0.4) is 0 Å². The summed E-state index contributed by atoms with van der Waals surface area (Å²) in [5.41, 5.74) is 4.91. The van der Waals surface area contributed by atoms with Crippen molar-refractivity contribution in [3.63, 3.8) is 0 Å². The third-order valence-corrected chi connectivity index (χ3v) is 3.58. The molecule has 1 heterocycles. The standard InChI is InChI=1S/C16H20N2O/c1-9(2)14-12(5)17-15(18-16(14)19)13-8-6-7-10(3)11(13)4/h6-9H,1-5H3,(H,17,18,19). The van der Waals surface area contributed by atoms with Crippen molar-refractivity contribution in [3.8, 4) is 11.4 Å². The van der Waals surface area contributed by atoms with Crippen molar-refractivity contribution in [1.82, 2.24) is 9.97 Å². The fraction of sp³-hybridized carbons (Fsp3) is 0.375. The second kappa shape index (κ2) is 5.00. The van der Waals surface area contributed by atoms with E-state index in [0.29, 0.717) is 5.82 Å². The number of hydrogen-bond acceptors (Lipinski definition) is 2. The maximum Gasteiger partial charge on any atom is 0.254 e. The Morgan fingerprint density at radius 1 is 1.16 bits per heavy atom. The topological polar surface area (TPSA) is 45.8 Å². The Morgan fingerprint density at radius 3 is 2.42 bits per heavy atom. The van der Waals surface area contributed by atoms with Gasteiger partial charge in [-0.15, -0.1) is 0 Å². The fourth-order valence-corrected chi connectivity index (χ4v) is 2.41. The highest BCUT2D eigenvalue weighted by atomic mass is 16.1. The van der Waals surface area contributed by atoms with Crippen LogP contribution in [0.15, 0.2) is 23.0 Å². The van der Waals surface area contributed by atoms with Crippen molar-refractivity contribution >= 4 is 0 Å². The summed E-state index contributed by atoms with van der Waals surface area (Å²) in [6, 6.07) is 6.05. The number of benzene rings is 1. The van der Waals surface area contributed by atoms with Gasteiger partial charge in [0.05, 0.1) is 0 Å². The van der Waals surface area contributed by atoms with Gasteiger partial charge in [0.25, 0.3) is 5.56 Å². The van der Waals surface area contributed by atoms with E-state index < -0.39 is 0 Å². The molecule has 3 heteroatoms. The molecule has 0 radical (unpaired) electrons. The minimum atomic E-state index is -0.0293. The fourth-order valence-electron chi connectivity index (χ4n) is 2.41. The first kappa shape index (κ1) is 13.5. The summed E-state index contributed by atoms with van der Waals surface area (Å²) < 4.78 is 0. The molecule has 2 aromatic rings. The molecular formula is C16H20N2O. The highest BCUT2D eigenvalue weighted by Crippen LogP contribution is 2.23. The molecule has 0 spiro atoms. The lowest BCUT2D eigenvalue weighted by Gasteiger charge is -2.12. The molecule has 0 aliphatic heterocycles. The summed E-state index contributed by atoms with van der Waals surface area (Å²) in [4.78, 5) is 19.7. The van der Waals surface area contributed by atoms with E-state index in [2.05, 4.69) is 29.9 Å². The van der Waals surface area contributed by atoms with Crippen LogP contribution in [0, 0.1) is 20.8 Å². The SMILES string of the molecule is Cc1cccc(-c2nc(C)c(C(C)C)c(=O)[nH]2)c1C. The molecule has 3 nitrogen and oxygen atoms in total. The van der Waals surface area contributed by atoms with Gasteiger partial charge in [0.1, 0.15) is 5.82 Å². The van der Waals surface area contributed by atoms with E-state index in [4.69, 9.17) is 0 Å². The number of hydrogen-bond donors (Lipinski definition) is 1. The lowest BCUT2D eigenvalue weighted by molar-refractivity contribution is 0.814. The number of H-pyrrole nitrogens is 1. The number of rotatable bonds is 2. The van der Waals surface area contributed by atoms with Crippen molar-refractivity contribution < 1.29 is 0 Å². The van der Waals surface area contributed by atoms with Crippen LogP contribution in [0.4, 0.5) is 0 Å². The number of aromatic nitrogens is 2. The third kappa shape index (κ3) is 2.46. The van der Waals surface area contributed by atoms with Crippen LogP contribution in [-0.4, -0.2) is 9.97 Å². The van der Waals surface area contributed by atoms with Gasteiger partial charge in [-0.25, -0.2) is 4.98 Å². The van der Waals surface area contributed by atoms with Gasteiger partial charge in [0.15, 0.2) is 0 Å². The van der Waals surface area contributed by atoms with Crippen molar-refractivity contribution in [2.24, 2.45) is 0 Å². The third-order valence-electron chi connectivity index (χ3n) is 3.58. The predicted octanol–water partition coefficient (Wildman–Crippen LogP) is 3.49. The molecule has 0 bridgehead atoms. The summed E-state index contributed by atoms with van der Waals surface area (Å²) in [6.07, 6.45) is 0. The quantitative estimate of drug-likeness (QED) is 0.894. The van der Waals surface area contributed by atoms with Gasteiger partial charge in [0, 0.05) is 16.8 Å². The zero-order chi connectivity index (χ0) is 14.2. The van der Waals surface area contributed by atoms with Crippen LogP contribution in [-0.2, 0) is 0 Å². The number of nitrogens with one attached hydrogen (secondary N) is 1. The molecule has 1 aromatic carbocycles. The Bertz CT molecular complexity index is 669. The minimum Gasteiger partial charge on any atom is -0.306 e. The maximum absolute atomic E-state index is 12.2. The van der Waals surface area contributed by atoms with E-state index in [1.54, 1.807) is 0 Å². The van der Waals surface area contributed by atoms with Crippen LogP contribution >= 0.6 is 0 Å². The van der Waals surface area contributed by atoms with Gasteiger partial charge in [-0.05, 0) is 37.8 Å². The van der Waals surface area contributed by atoms with Crippen molar-refractivity contribution in [3.05, 3.63) is 50.9 Å². The highest BCUT2D eigenvalue weighted by Gasteiger charge is 2.13. The average Bonchev–Trinajstić information content (AvgIpc) is 2.31. The second-order valence-electron chi connectivity index (χ2n) is 5.32. The molecule has 0 atom stereocenters. The first-order chi connectivity index (χ1) is 8.91. The second-order valence-corrected chi connectivity index (χ2v) is 5.32. The maximum atomic E-state index is 12.2. The Kier molecular flexibility index (Phi) is 3.56. The van der Waals surface area contributed by atoms with Crippen LogP contribution in [0.1, 0.15) is 42.1 Å². The van der Waals surface area contributed by atoms with Gasteiger partial charge in [0.2, 0.25) is 0 Å². The van der Waals surface area contributed by atoms with Gasteiger partial charge in [-0.1, -0.05) is 32.0 Å². The molecule has 0 aliphatic carbocycles. The zero-order valence-corrected chi connectivity index (χ0v) is 12.2. The summed E-state index contributed by atoms with van der Waals surface area (Å²) in [6.45, 7) is 10.0. The van der Waals surface area contributed by atoms with E-state index in [1.807, 2.05) is 32.9 Å². The molecule has 0 aliphatic rings. The number of nitrogens with zero attached hydrogens (tertiary/aromatic N) is 1. The first-order valence-corrected chi connectivity index (χ1v) is 6.59. The summed E-state index contributed by atoms with van der Waals surface area (Å²) in [5.74, 6) is 0.844. The Balaban J connectivity index is 2.66. The number of aromatic amines is 1. The molecule has 100 valence electrons. The minimum absolute atomic E-state index is 0.0293. The summed E-state index contributed by atoms with van der Waals surface area (Å²) in [7, 11) is 0. The van der Waals surface area contributed by atoms with Gasteiger partial charge >= 0.3 is 0 Å². The van der Waals surface area contributed by atoms with Crippen LogP contribution in [0.25, 0.3) is 11.4 Å². The van der Waals surface area contributed by atoms with E-state index in [0.717, 1.165) is 22.4 Å².